The monoisotopic (exact) mass is 270 g/mol. The lowest BCUT2D eigenvalue weighted by Crippen LogP contribution is -2.20. The van der Waals surface area contributed by atoms with Crippen LogP contribution in [0.25, 0.3) is 0 Å². The predicted molar refractivity (Wildman–Crippen MR) is 82.1 cm³/mol. The first-order valence-corrected chi connectivity index (χ1v) is 8.16. The largest absolute Gasteiger partial charge is 0.465 e. The van der Waals surface area contributed by atoms with Crippen molar-refractivity contribution in [2.75, 3.05) is 6.61 Å². The second-order valence-electron chi connectivity index (χ2n) is 6.28. The SMILES string of the molecule is CCCC(C)C(CCC)COC(=O)CCCC(C)C. The van der Waals surface area contributed by atoms with Gasteiger partial charge in [0.1, 0.15) is 0 Å². The van der Waals surface area contributed by atoms with Crippen molar-refractivity contribution in [3.8, 4) is 0 Å². The summed E-state index contributed by atoms with van der Waals surface area (Å²) >= 11 is 0. The molecule has 19 heavy (non-hydrogen) atoms. The van der Waals surface area contributed by atoms with Crippen molar-refractivity contribution in [2.45, 2.75) is 79.6 Å². The molecule has 114 valence electrons. The van der Waals surface area contributed by atoms with Gasteiger partial charge in [0.25, 0.3) is 0 Å². The highest BCUT2D eigenvalue weighted by Gasteiger charge is 2.17. The Morgan fingerprint density at radius 3 is 2.16 bits per heavy atom. The molecule has 0 aliphatic heterocycles. The van der Waals surface area contributed by atoms with Gasteiger partial charge in [-0.25, -0.2) is 0 Å². The van der Waals surface area contributed by atoms with E-state index in [0.29, 0.717) is 30.8 Å². The molecule has 2 heteroatoms. The minimum Gasteiger partial charge on any atom is -0.465 e. The van der Waals surface area contributed by atoms with E-state index in [1.807, 2.05) is 0 Å². The number of carbonyl (C=O) groups is 1. The van der Waals surface area contributed by atoms with E-state index < -0.39 is 0 Å². The van der Waals surface area contributed by atoms with Crippen LogP contribution in [0.3, 0.4) is 0 Å². The van der Waals surface area contributed by atoms with Gasteiger partial charge in [-0.2, -0.15) is 0 Å². The van der Waals surface area contributed by atoms with E-state index >= 15 is 0 Å². The van der Waals surface area contributed by atoms with E-state index in [4.69, 9.17) is 4.74 Å². The van der Waals surface area contributed by atoms with Gasteiger partial charge < -0.3 is 4.74 Å². The molecule has 0 amide bonds. The maximum Gasteiger partial charge on any atom is 0.305 e. The summed E-state index contributed by atoms with van der Waals surface area (Å²) < 4.78 is 5.47. The van der Waals surface area contributed by atoms with Crippen LogP contribution in [0.2, 0.25) is 0 Å². The fourth-order valence-electron chi connectivity index (χ4n) is 2.52. The molecular weight excluding hydrogens is 236 g/mol. The number of hydrogen-bond acceptors (Lipinski definition) is 2. The van der Waals surface area contributed by atoms with Crippen molar-refractivity contribution in [2.24, 2.45) is 17.8 Å². The molecule has 0 saturated carbocycles. The van der Waals surface area contributed by atoms with E-state index in [1.165, 1.54) is 25.7 Å². The summed E-state index contributed by atoms with van der Waals surface area (Å²) in [5.74, 6) is 1.86. The summed E-state index contributed by atoms with van der Waals surface area (Å²) in [4.78, 5) is 11.7. The second-order valence-corrected chi connectivity index (χ2v) is 6.28. The predicted octanol–water partition coefficient (Wildman–Crippen LogP) is 5.21. The fraction of sp³-hybridized carbons (Fsp3) is 0.941. The summed E-state index contributed by atoms with van der Waals surface area (Å²) in [6.07, 6.45) is 7.43. The first kappa shape index (κ1) is 18.5. The standard InChI is InChI=1S/C17H34O2/c1-6-9-15(5)16(10-7-2)13-19-17(18)12-8-11-14(3)4/h14-16H,6-13H2,1-5H3. The van der Waals surface area contributed by atoms with Gasteiger partial charge in [-0.05, 0) is 30.6 Å². The Hall–Kier alpha value is -0.530. The molecule has 0 spiro atoms. The van der Waals surface area contributed by atoms with Crippen molar-refractivity contribution in [3.05, 3.63) is 0 Å². The van der Waals surface area contributed by atoms with Gasteiger partial charge in [0.05, 0.1) is 6.61 Å². The van der Waals surface area contributed by atoms with Crippen molar-refractivity contribution in [1.29, 1.82) is 0 Å². The zero-order valence-corrected chi connectivity index (χ0v) is 13.7. The Balaban J connectivity index is 3.92. The first-order chi connectivity index (χ1) is 9.01. The molecule has 0 aromatic rings. The number of ether oxygens (including phenoxy) is 1. The van der Waals surface area contributed by atoms with Gasteiger partial charge in [-0.1, -0.05) is 60.3 Å². The molecule has 2 unspecified atom stereocenters. The molecule has 0 aromatic heterocycles. The first-order valence-electron chi connectivity index (χ1n) is 8.16. The van der Waals surface area contributed by atoms with E-state index in [0.717, 1.165) is 12.8 Å². The van der Waals surface area contributed by atoms with E-state index in [-0.39, 0.29) is 5.97 Å². The highest BCUT2D eigenvalue weighted by molar-refractivity contribution is 5.69. The zero-order chi connectivity index (χ0) is 14.7. The van der Waals surface area contributed by atoms with Gasteiger partial charge in [0.15, 0.2) is 0 Å². The lowest BCUT2D eigenvalue weighted by molar-refractivity contribution is -0.145. The fourth-order valence-corrected chi connectivity index (χ4v) is 2.52. The molecule has 0 heterocycles. The normalized spacial score (nSPS) is 14.4. The van der Waals surface area contributed by atoms with Crippen molar-refractivity contribution in [3.63, 3.8) is 0 Å². The molecular formula is C17H34O2. The van der Waals surface area contributed by atoms with Crippen molar-refractivity contribution < 1.29 is 9.53 Å². The summed E-state index contributed by atoms with van der Waals surface area (Å²) in [5, 5.41) is 0. The third kappa shape index (κ3) is 9.98. The smallest absolute Gasteiger partial charge is 0.305 e. The van der Waals surface area contributed by atoms with Crippen LogP contribution in [0, 0.1) is 17.8 Å². The zero-order valence-electron chi connectivity index (χ0n) is 13.7. The minimum absolute atomic E-state index is 0.00884. The summed E-state index contributed by atoms with van der Waals surface area (Å²) in [6.45, 7) is 11.7. The van der Waals surface area contributed by atoms with Crippen molar-refractivity contribution >= 4 is 5.97 Å². The van der Waals surface area contributed by atoms with Crippen LogP contribution in [0.15, 0.2) is 0 Å². The Bertz CT molecular complexity index is 223. The number of esters is 1. The molecule has 0 radical (unpaired) electrons. The Morgan fingerprint density at radius 1 is 1.00 bits per heavy atom. The summed E-state index contributed by atoms with van der Waals surface area (Å²) in [6, 6.07) is 0. The number of carbonyl (C=O) groups excluding carboxylic acids is 1. The molecule has 0 fully saturated rings. The Kier molecular flexibility index (Phi) is 11.0. The summed E-state index contributed by atoms with van der Waals surface area (Å²) in [5.41, 5.74) is 0. The third-order valence-electron chi connectivity index (χ3n) is 3.83. The van der Waals surface area contributed by atoms with E-state index in [1.54, 1.807) is 0 Å². The van der Waals surface area contributed by atoms with Gasteiger partial charge in [0, 0.05) is 6.42 Å². The van der Waals surface area contributed by atoms with Gasteiger partial charge in [0.2, 0.25) is 0 Å². The molecule has 0 rings (SSSR count). The van der Waals surface area contributed by atoms with Crippen LogP contribution in [0.1, 0.15) is 79.6 Å². The molecule has 0 saturated heterocycles. The quantitative estimate of drug-likeness (QED) is 0.482. The molecule has 0 aromatic carbocycles. The van der Waals surface area contributed by atoms with Crippen LogP contribution >= 0.6 is 0 Å². The topological polar surface area (TPSA) is 26.3 Å². The number of rotatable bonds is 11. The lowest BCUT2D eigenvalue weighted by Gasteiger charge is -2.23. The molecule has 0 N–H and O–H groups in total. The van der Waals surface area contributed by atoms with Crippen LogP contribution < -0.4 is 0 Å². The maximum absolute atomic E-state index is 11.7. The molecule has 2 nitrogen and oxygen atoms in total. The van der Waals surface area contributed by atoms with Gasteiger partial charge in [-0.3, -0.25) is 4.79 Å². The van der Waals surface area contributed by atoms with E-state index in [9.17, 15) is 4.79 Å². The molecule has 0 bridgehead atoms. The lowest BCUT2D eigenvalue weighted by atomic mass is 9.87. The highest BCUT2D eigenvalue weighted by Crippen LogP contribution is 2.22. The van der Waals surface area contributed by atoms with Gasteiger partial charge in [-0.15, -0.1) is 0 Å². The average Bonchev–Trinajstić information content (AvgIpc) is 2.34. The third-order valence-corrected chi connectivity index (χ3v) is 3.83. The molecule has 0 aliphatic rings. The minimum atomic E-state index is -0.00884. The van der Waals surface area contributed by atoms with Crippen LogP contribution in [0.5, 0.6) is 0 Å². The number of hydrogen-bond donors (Lipinski definition) is 0. The van der Waals surface area contributed by atoms with Crippen LogP contribution in [-0.2, 0) is 9.53 Å². The van der Waals surface area contributed by atoms with E-state index in [2.05, 4.69) is 34.6 Å². The second kappa shape index (κ2) is 11.3. The Labute approximate surface area is 120 Å². The maximum atomic E-state index is 11.7. The van der Waals surface area contributed by atoms with Crippen LogP contribution in [-0.4, -0.2) is 12.6 Å². The summed E-state index contributed by atoms with van der Waals surface area (Å²) in [7, 11) is 0. The molecule has 2 atom stereocenters. The molecule has 0 aliphatic carbocycles. The highest BCUT2D eigenvalue weighted by atomic mass is 16.5. The van der Waals surface area contributed by atoms with Crippen molar-refractivity contribution in [1.82, 2.24) is 0 Å². The van der Waals surface area contributed by atoms with Gasteiger partial charge >= 0.3 is 5.97 Å². The van der Waals surface area contributed by atoms with Crippen LogP contribution in [0.4, 0.5) is 0 Å². The Morgan fingerprint density at radius 2 is 1.63 bits per heavy atom. The average molecular weight is 270 g/mol.